The van der Waals surface area contributed by atoms with E-state index in [4.69, 9.17) is 5.73 Å². The zero-order chi connectivity index (χ0) is 21.1. The molecule has 0 radical (unpaired) electrons. The lowest BCUT2D eigenvalue weighted by molar-refractivity contribution is 0.601. The number of hydrogen-bond acceptors (Lipinski definition) is 6. The Morgan fingerprint density at radius 3 is 2.43 bits per heavy atom. The first-order chi connectivity index (χ1) is 14.4. The second-order valence-electron chi connectivity index (χ2n) is 6.36. The first kappa shape index (κ1) is 19.5. The van der Waals surface area contributed by atoms with Crippen molar-refractivity contribution >= 4 is 21.5 Å². The van der Waals surface area contributed by atoms with Crippen molar-refractivity contribution in [3.63, 3.8) is 0 Å². The van der Waals surface area contributed by atoms with E-state index in [2.05, 4.69) is 19.7 Å². The Balaban J connectivity index is 1.73. The highest BCUT2D eigenvalue weighted by atomic mass is 32.2. The van der Waals surface area contributed by atoms with Crippen LogP contribution in [0.3, 0.4) is 0 Å². The van der Waals surface area contributed by atoms with E-state index in [1.54, 1.807) is 42.6 Å². The van der Waals surface area contributed by atoms with E-state index in [-0.39, 0.29) is 16.3 Å². The zero-order valence-corrected chi connectivity index (χ0v) is 16.3. The number of rotatable bonds is 5. The van der Waals surface area contributed by atoms with Crippen molar-refractivity contribution in [2.45, 2.75) is 4.90 Å². The summed E-state index contributed by atoms with van der Waals surface area (Å²) in [5.41, 5.74) is 7.19. The molecule has 2 aromatic carbocycles. The molecule has 2 heterocycles. The third-order valence-corrected chi connectivity index (χ3v) is 5.76. The summed E-state index contributed by atoms with van der Waals surface area (Å²) in [6, 6.07) is 14.0. The molecule has 4 rings (SSSR count). The largest absolute Gasteiger partial charge is 0.382 e. The van der Waals surface area contributed by atoms with Gasteiger partial charge in [-0.1, -0.05) is 24.3 Å². The molecule has 4 aromatic rings. The first-order valence-electron chi connectivity index (χ1n) is 8.84. The van der Waals surface area contributed by atoms with Gasteiger partial charge in [0.1, 0.15) is 11.6 Å². The van der Waals surface area contributed by atoms with Gasteiger partial charge in [0.25, 0.3) is 10.0 Å². The summed E-state index contributed by atoms with van der Waals surface area (Å²) in [5.74, 6) is -0.324. The molecule has 0 saturated heterocycles. The second kappa shape index (κ2) is 7.88. The summed E-state index contributed by atoms with van der Waals surface area (Å²) in [5, 5.41) is 0. The molecular weight excluding hydrogens is 405 g/mol. The number of nitrogens with two attached hydrogens (primary N) is 1. The Morgan fingerprint density at radius 2 is 1.73 bits per heavy atom. The van der Waals surface area contributed by atoms with Gasteiger partial charge in [-0.25, -0.2) is 17.8 Å². The molecule has 0 saturated carbocycles. The molecule has 0 aliphatic carbocycles. The van der Waals surface area contributed by atoms with Gasteiger partial charge in [-0.15, -0.1) is 0 Å². The average Bonchev–Trinajstić information content (AvgIpc) is 2.75. The lowest BCUT2D eigenvalue weighted by Crippen LogP contribution is -2.14. The summed E-state index contributed by atoms with van der Waals surface area (Å²) in [6.45, 7) is 0. The molecule has 0 amide bonds. The quantitative estimate of drug-likeness (QED) is 0.508. The molecule has 0 aliphatic rings. The minimum absolute atomic E-state index is 0.0216. The summed E-state index contributed by atoms with van der Waals surface area (Å²) in [7, 11) is -3.92. The topological polar surface area (TPSA) is 111 Å². The van der Waals surface area contributed by atoms with Gasteiger partial charge in [0, 0.05) is 17.3 Å². The maximum absolute atomic E-state index is 14.8. The van der Waals surface area contributed by atoms with E-state index in [0.717, 1.165) is 0 Å². The predicted molar refractivity (Wildman–Crippen MR) is 112 cm³/mol. The number of aromatic nitrogens is 3. The van der Waals surface area contributed by atoms with Crippen LogP contribution in [0.2, 0.25) is 0 Å². The molecule has 0 aliphatic heterocycles. The van der Waals surface area contributed by atoms with Gasteiger partial charge in [-0.3, -0.25) is 14.7 Å². The first-order valence-corrected chi connectivity index (χ1v) is 10.3. The standard InChI is InChI=1S/C21H16FN5O2S/c22-18-10-14(7-8-17(18)19-12-26-21(23)13-25-19)16-5-1-2-6-20(16)30(28,29)27-15-4-3-9-24-11-15/h1-13,27H,(H2,23,26). The summed E-state index contributed by atoms with van der Waals surface area (Å²) >= 11 is 0. The normalized spacial score (nSPS) is 11.2. The average molecular weight is 421 g/mol. The Kier molecular flexibility index (Phi) is 5.11. The van der Waals surface area contributed by atoms with Crippen LogP contribution in [0, 0.1) is 5.82 Å². The van der Waals surface area contributed by atoms with Crippen molar-refractivity contribution in [1.29, 1.82) is 0 Å². The van der Waals surface area contributed by atoms with Gasteiger partial charge in [-0.2, -0.15) is 0 Å². The van der Waals surface area contributed by atoms with Crippen molar-refractivity contribution in [2.75, 3.05) is 10.5 Å². The van der Waals surface area contributed by atoms with E-state index in [1.165, 1.54) is 36.8 Å². The maximum atomic E-state index is 14.8. The maximum Gasteiger partial charge on any atom is 0.262 e. The van der Waals surface area contributed by atoms with Crippen LogP contribution in [0.1, 0.15) is 0 Å². The molecule has 3 N–H and O–H groups in total. The minimum atomic E-state index is -3.92. The summed E-state index contributed by atoms with van der Waals surface area (Å²) in [6.07, 6.45) is 5.67. The fourth-order valence-electron chi connectivity index (χ4n) is 2.94. The SMILES string of the molecule is Nc1cnc(-c2ccc(-c3ccccc3S(=O)(=O)Nc3cccnc3)cc2F)cn1. The van der Waals surface area contributed by atoms with E-state index in [1.807, 2.05) is 0 Å². The zero-order valence-electron chi connectivity index (χ0n) is 15.5. The highest BCUT2D eigenvalue weighted by Crippen LogP contribution is 2.31. The summed E-state index contributed by atoms with van der Waals surface area (Å²) < 4.78 is 43.2. The Hall–Kier alpha value is -3.85. The molecule has 7 nitrogen and oxygen atoms in total. The van der Waals surface area contributed by atoms with Gasteiger partial charge in [0.05, 0.1) is 34.9 Å². The molecule has 150 valence electrons. The number of anilines is 2. The number of pyridine rings is 1. The lowest BCUT2D eigenvalue weighted by atomic mass is 10.0. The molecular formula is C21H16FN5O2S. The highest BCUT2D eigenvalue weighted by Gasteiger charge is 2.20. The van der Waals surface area contributed by atoms with Gasteiger partial charge in [-0.05, 0) is 35.9 Å². The van der Waals surface area contributed by atoms with Gasteiger partial charge in [0.15, 0.2) is 0 Å². The predicted octanol–water partition coefficient (Wildman–Crippen LogP) is 3.73. The Labute approximate surface area is 172 Å². The van der Waals surface area contributed by atoms with Crippen molar-refractivity contribution in [2.24, 2.45) is 0 Å². The van der Waals surface area contributed by atoms with Gasteiger partial charge >= 0.3 is 0 Å². The Bertz CT molecular complexity index is 1300. The van der Waals surface area contributed by atoms with E-state index in [9.17, 15) is 12.8 Å². The molecule has 0 spiro atoms. The molecule has 0 bridgehead atoms. The fourth-order valence-corrected chi connectivity index (χ4v) is 4.21. The molecule has 30 heavy (non-hydrogen) atoms. The minimum Gasteiger partial charge on any atom is -0.382 e. The lowest BCUT2D eigenvalue weighted by Gasteiger charge is -2.13. The smallest absolute Gasteiger partial charge is 0.262 e. The van der Waals surface area contributed by atoms with Crippen LogP contribution in [0.4, 0.5) is 15.9 Å². The number of nitrogen functional groups attached to an aromatic ring is 1. The van der Waals surface area contributed by atoms with Crippen LogP contribution in [0.15, 0.2) is 84.3 Å². The van der Waals surface area contributed by atoms with Crippen LogP contribution < -0.4 is 10.5 Å². The highest BCUT2D eigenvalue weighted by molar-refractivity contribution is 7.92. The van der Waals surface area contributed by atoms with E-state index >= 15 is 0 Å². The monoisotopic (exact) mass is 421 g/mol. The van der Waals surface area contributed by atoms with E-state index in [0.29, 0.717) is 22.5 Å². The number of nitrogens with zero attached hydrogens (tertiary/aromatic N) is 3. The third kappa shape index (κ3) is 3.96. The van der Waals surface area contributed by atoms with Crippen LogP contribution in [-0.2, 0) is 10.0 Å². The number of sulfonamides is 1. The number of hydrogen-bond donors (Lipinski definition) is 2. The van der Waals surface area contributed by atoms with Gasteiger partial charge < -0.3 is 5.73 Å². The van der Waals surface area contributed by atoms with Crippen molar-refractivity contribution in [1.82, 2.24) is 15.0 Å². The molecule has 0 unspecified atom stereocenters. The van der Waals surface area contributed by atoms with Gasteiger partial charge in [0.2, 0.25) is 0 Å². The number of halogens is 1. The number of nitrogens with one attached hydrogen (secondary N) is 1. The molecule has 2 aromatic heterocycles. The van der Waals surface area contributed by atoms with Crippen LogP contribution in [0.5, 0.6) is 0 Å². The molecule has 0 atom stereocenters. The third-order valence-electron chi connectivity index (χ3n) is 4.32. The molecule has 0 fully saturated rings. The summed E-state index contributed by atoms with van der Waals surface area (Å²) in [4.78, 5) is 11.9. The Morgan fingerprint density at radius 1 is 0.900 bits per heavy atom. The number of benzene rings is 2. The van der Waals surface area contributed by atoms with Crippen molar-refractivity contribution in [3.8, 4) is 22.4 Å². The van der Waals surface area contributed by atoms with Crippen molar-refractivity contribution in [3.05, 3.63) is 85.2 Å². The van der Waals surface area contributed by atoms with E-state index < -0.39 is 15.8 Å². The molecule has 9 heteroatoms. The fraction of sp³-hybridized carbons (Fsp3) is 0. The van der Waals surface area contributed by atoms with Crippen molar-refractivity contribution < 1.29 is 12.8 Å². The van der Waals surface area contributed by atoms with Crippen LogP contribution in [-0.4, -0.2) is 23.4 Å². The van der Waals surface area contributed by atoms with Crippen LogP contribution >= 0.6 is 0 Å². The second-order valence-corrected chi connectivity index (χ2v) is 8.02. The van der Waals surface area contributed by atoms with Crippen LogP contribution in [0.25, 0.3) is 22.4 Å².